The molecule has 19 heavy (non-hydrogen) atoms. The number of ether oxygens (including phenoxy) is 1. The molecule has 0 saturated heterocycles. The molecular formula is C13H18ClFN2O2. The maximum absolute atomic E-state index is 13.6. The second kappa shape index (κ2) is 8.09. The predicted molar refractivity (Wildman–Crippen MR) is 72.6 cm³/mol. The molecule has 0 saturated carbocycles. The summed E-state index contributed by atoms with van der Waals surface area (Å²) in [7, 11) is 3.21. The van der Waals surface area contributed by atoms with E-state index in [1.54, 1.807) is 20.2 Å². The van der Waals surface area contributed by atoms with Crippen molar-refractivity contribution in [1.29, 1.82) is 0 Å². The SMILES string of the molecule is COCCNCC(=O)N(C)Cc1c(F)cccc1Cl. The van der Waals surface area contributed by atoms with Crippen molar-refractivity contribution in [2.75, 3.05) is 33.9 Å². The van der Waals surface area contributed by atoms with Gasteiger partial charge in [0, 0.05) is 37.8 Å². The first-order valence-electron chi connectivity index (χ1n) is 5.92. The third-order valence-corrected chi connectivity index (χ3v) is 3.00. The Hall–Kier alpha value is -1.17. The smallest absolute Gasteiger partial charge is 0.236 e. The first-order valence-corrected chi connectivity index (χ1v) is 6.30. The van der Waals surface area contributed by atoms with Gasteiger partial charge in [0.2, 0.25) is 5.91 Å². The molecular weight excluding hydrogens is 271 g/mol. The summed E-state index contributed by atoms with van der Waals surface area (Å²) < 4.78 is 18.4. The lowest BCUT2D eigenvalue weighted by molar-refractivity contribution is -0.129. The molecule has 0 bridgehead atoms. The summed E-state index contributed by atoms with van der Waals surface area (Å²) in [6.07, 6.45) is 0. The van der Waals surface area contributed by atoms with E-state index >= 15 is 0 Å². The van der Waals surface area contributed by atoms with E-state index in [0.717, 1.165) is 0 Å². The van der Waals surface area contributed by atoms with Crippen LogP contribution in [0.5, 0.6) is 0 Å². The van der Waals surface area contributed by atoms with Crippen LogP contribution in [0.2, 0.25) is 5.02 Å². The first kappa shape index (κ1) is 15.9. The van der Waals surface area contributed by atoms with Crippen LogP contribution in [-0.4, -0.2) is 44.7 Å². The van der Waals surface area contributed by atoms with Gasteiger partial charge in [0.1, 0.15) is 5.82 Å². The molecule has 1 N–H and O–H groups in total. The van der Waals surface area contributed by atoms with Crippen molar-refractivity contribution < 1.29 is 13.9 Å². The van der Waals surface area contributed by atoms with E-state index in [9.17, 15) is 9.18 Å². The van der Waals surface area contributed by atoms with Gasteiger partial charge in [-0.15, -0.1) is 0 Å². The molecule has 0 fully saturated rings. The summed E-state index contributed by atoms with van der Waals surface area (Å²) in [5.74, 6) is -0.532. The van der Waals surface area contributed by atoms with Gasteiger partial charge in [-0.25, -0.2) is 4.39 Å². The topological polar surface area (TPSA) is 41.6 Å². The predicted octanol–water partition coefficient (Wildman–Crippen LogP) is 1.67. The van der Waals surface area contributed by atoms with Crippen LogP contribution in [-0.2, 0) is 16.1 Å². The fraction of sp³-hybridized carbons (Fsp3) is 0.462. The van der Waals surface area contributed by atoms with E-state index in [2.05, 4.69) is 5.32 Å². The number of nitrogens with one attached hydrogen (secondary N) is 1. The van der Waals surface area contributed by atoms with E-state index in [1.165, 1.54) is 17.0 Å². The van der Waals surface area contributed by atoms with E-state index < -0.39 is 5.82 Å². The number of methoxy groups -OCH3 is 1. The van der Waals surface area contributed by atoms with Gasteiger partial charge in [0.15, 0.2) is 0 Å². The van der Waals surface area contributed by atoms with Crippen LogP contribution < -0.4 is 5.32 Å². The lowest BCUT2D eigenvalue weighted by Crippen LogP contribution is -2.36. The molecule has 1 rings (SSSR count). The lowest BCUT2D eigenvalue weighted by Gasteiger charge is -2.18. The van der Waals surface area contributed by atoms with Crippen LogP contribution in [0.15, 0.2) is 18.2 Å². The first-order chi connectivity index (χ1) is 9.06. The van der Waals surface area contributed by atoms with Crippen LogP contribution in [0.4, 0.5) is 4.39 Å². The normalized spacial score (nSPS) is 10.5. The molecule has 106 valence electrons. The average molecular weight is 289 g/mol. The maximum atomic E-state index is 13.6. The van der Waals surface area contributed by atoms with E-state index in [1.807, 2.05) is 0 Å². The number of nitrogens with zero attached hydrogens (tertiary/aromatic N) is 1. The zero-order chi connectivity index (χ0) is 14.3. The van der Waals surface area contributed by atoms with Gasteiger partial charge < -0.3 is 15.0 Å². The van der Waals surface area contributed by atoms with Crippen molar-refractivity contribution in [2.45, 2.75) is 6.54 Å². The summed E-state index contributed by atoms with van der Waals surface area (Å²) in [6, 6.07) is 4.47. The van der Waals surface area contributed by atoms with Crippen molar-refractivity contribution in [3.8, 4) is 0 Å². The zero-order valence-electron chi connectivity index (χ0n) is 11.1. The fourth-order valence-corrected chi connectivity index (χ4v) is 1.74. The van der Waals surface area contributed by atoms with Crippen molar-refractivity contribution in [3.05, 3.63) is 34.6 Å². The number of halogens is 2. The highest BCUT2D eigenvalue weighted by atomic mass is 35.5. The van der Waals surface area contributed by atoms with Crippen LogP contribution in [0.25, 0.3) is 0 Å². The quantitative estimate of drug-likeness (QED) is 0.776. The standard InChI is InChI=1S/C13H18ClFN2O2/c1-17(13(18)8-16-6-7-19-2)9-10-11(14)4-3-5-12(10)15/h3-5,16H,6-9H2,1-2H3. The molecule has 0 aliphatic heterocycles. The van der Waals surface area contributed by atoms with Gasteiger partial charge in [0.25, 0.3) is 0 Å². The van der Waals surface area contributed by atoms with Gasteiger partial charge in [-0.3, -0.25) is 4.79 Å². The molecule has 0 aromatic heterocycles. The van der Waals surface area contributed by atoms with Gasteiger partial charge in [-0.2, -0.15) is 0 Å². The average Bonchev–Trinajstić information content (AvgIpc) is 2.38. The molecule has 1 aromatic carbocycles. The summed E-state index contributed by atoms with van der Waals surface area (Å²) in [6.45, 7) is 1.47. The molecule has 0 heterocycles. The van der Waals surface area contributed by atoms with Crippen molar-refractivity contribution in [1.82, 2.24) is 10.2 Å². The number of carbonyl (C=O) groups excluding carboxylic acids is 1. The van der Waals surface area contributed by atoms with E-state index in [0.29, 0.717) is 23.7 Å². The van der Waals surface area contributed by atoms with Crippen molar-refractivity contribution >= 4 is 17.5 Å². The molecule has 0 aliphatic rings. The highest BCUT2D eigenvalue weighted by molar-refractivity contribution is 6.31. The maximum Gasteiger partial charge on any atom is 0.236 e. The summed E-state index contributed by atoms with van der Waals surface area (Å²) in [4.78, 5) is 13.2. The molecule has 6 heteroatoms. The van der Waals surface area contributed by atoms with Crippen LogP contribution in [0, 0.1) is 5.82 Å². The number of likely N-dealkylation sites (N-methyl/N-ethyl adjacent to an activating group) is 1. The molecule has 4 nitrogen and oxygen atoms in total. The number of benzene rings is 1. The van der Waals surface area contributed by atoms with Gasteiger partial charge in [-0.05, 0) is 12.1 Å². The molecule has 1 amide bonds. The number of hydrogen-bond acceptors (Lipinski definition) is 3. The second-order valence-electron chi connectivity index (χ2n) is 4.12. The van der Waals surface area contributed by atoms with Crippen LogP contribution >= 0.6 is 11.6 Å². The summed E-state index contributed by atoms with van der Waals surface area (Å²) >= 11 is 5.91. The number of hydrogen-bond donors (Lipinski definition) is 1. The third kappa shape index (κ3) is 5.14. The van der Waals surface area contributed by atoms with Crippen molar-refractivity contribution in [2.24, 2.45) is 0 Å². The Morgan fingerprint density at radius 1 is 1.53 bits per heavy atom. The van der Waals surface area contributed by atoms with Crippen molar-refractivity contribution in [3.63, 3.8) is 0 Å². The Morgan fingerprint density at radius 3 is 2.89 bits per heavy atom. The largest absolute Gasteiger partial charge is 0.383 e. The minimum absolute atomic E-state index is 0.129. The fourth-order valence-electron chi connectivity index (χ4n) is 1.51. The Morgan fingerprint density at radius 2 is 2.26 bits per heavy atom. The highest BCUT2D eigenvalue weighted by Gasteiger charge is 2.13. The zero-order valence-corrected chi connectivity index (χ0v) is 11.8. The van der Waals surface area contributed by atoms with Crippen LogP contribution in [0.1, 0.15) is 5.56 Å². The molecule has 0 radical (unpaired) electrons. The number of rotatable bonds is 7. The molecule has 0 spiro atoms. The lowest BCUT2D eigenvalue weighted by atomic mass is 10.2. The molecule has 0 atom stereocenters. The minimum Gasteiger partial charge on any atom is -0.383 e. The molecule has 0 unspecified atom stereocenters. The van der Waals surface area contributed by atoms with Crippen LogP contribution in [0.3, 0.4) is 0 Å². The number of amides is 1. The Bertz CT molecular complexity index is 409. The van der Waals surface area contributed by atoms with Gasteiger partial charge in [0.05, 0.1) is 13.2 Å². The molecule has 1 aromatic rings. The highest BCUT2D eigenvalue weighted by Crippen LogP contribution is 2.20. The second-order valence-corrected chi connectivity index (χ2v) is 4.53. The third-order valence-electron chi connectivity index (χ3n) is 2.64. The Kier molecular flexibility index (Phi) is 6.77. The summed E-state index contributed by atoms with van der Waals surface area (Å²) in [5.41, 5.74) is 0.330. The van der Waals surface area contributed by atoms with Gasteiger partial charge in [-0.1, -0.05) is 17.7 Å². The van der Waals surface area contributed by atoms with Gasteiger partial charge >= 0.3 is 0 Å². The van der Waals surface area contributed by atoms with E-state index in [4.69, 9.17) is 16.3 Å². The van der Waals surface area contributed by atoms with E-state index in [-0.39, 0.29) is 19.0 Å². The molecule has 0 aliphatic carbocycles. The Labute approximate surface area is 117 Å². The summed E-state index contributed by atoms with van der Waals surface area (Å²) in [5, 5.41) is 3.26. The monoisotopic (exact) mass is 288 g/mol. The number of carbonyl (C=O) groups is 1. The Balaban J connectivity index is 2.50. The minimum atomic E-state index is -0.403.